The summed E-state index contributed by atoms with van der Waals surface area (Å²) in [5.41, 5.74) is 0. The molecule has 284 valence electrons. The molecule has 0 spiro atoms. The second-order valence-electron chi connectivity index (χ2n) is 12.4. The number of ether oxygens (including phenoxy) is 1. The number of aliphatic carboxylic acids is 1. The van der Waals surface area contributed by atoms with E-state index in [4.69, 9.17) is 9.26 Å². The first-order valence-electron chi connectivity index (χ1n) is 18.5. The molecule has 12 heteroatoms. The van der Waals surface area contributed by atoms with Crippen molar-refractivity contribution in [3.8, 4) is 0 Å². The van der Waals surface area contributed by atoms with Crippen molar-refractivity contribution in [2.24, 2.45) is 0 Å². The molecule has 1 amide bonds. The lowest BCUT2D eigenvalue weighted by molar-refractivity contribution is -0.147. The minimum absolute atomic E-state index is 0.137. The molecule has 3 atom stereocenters. The van der Waals surface area contributed by atoms with Crippen LogP contribution in [-0.4, -0.2) is 64.9 Å². The van der Waals surface area contributed by atoms with E-state index in [-0.39, 0.29) is 12.8 Å². The van der Waals surface area contributed by atoms with E-state index in [9.17, 15) is 34.1 Å². The molecular formula is C37H66NO10P. The zero-order valence-corrected chi connectivity index (χ0v) is 31.1. The van der Waals surface area contributed by atoms with E-state index < -0.39 is 57.6 Å². The van der Waals surface area contributed by atoms with Crippen molar-refractivity contribution in [3.05, 3.63) is 36.5 Å². The third kappa shape index (κ3) is 32.7. The number of hydrogen-bond donors (Lipinski definition) is 4. The number of nitrogens with one attached hydrogen (secondary N) is 1. The number of allylic oxidation sites excluding steroid dienone is 6. The van der Waals surface area contributed by atoms with Gasteiger partial charge in [0.2, 0.25) is 5.91 Å². The van der Waals surface area contributed by atoms with Gasteiger partial charge in [-0.25, -0.2) is 9.36 Å². The molecule has 49 heavy (non-hydrogen) atoms. The smallest absolute Gasteiger partial charge is 0.472 e. The lowest BCUT2D eigenvalue weighted by atomic mass is 10.1. The Labute approximate surface area is 295 Å². The van der Waals surface area contributed by atoms with Crippen LogP contribution in [0.2, 0.25) is 0 Å². The van der Waals surface area contributed by atoms with E-state index in [1.165, 1.54) is 44.9 Å². The van der Waals surface area contributed by atoms with Crippen molar-refractivity contribution in [2.45, 2.75) is 161 Å². The Morgan fingerprint density at radius 2 is 1.12 bits per heavy atom. The maximum absolute atomic E-state index is 12.2. The lowest BCUT2D eigenvalue weighted by Crippen LogP contribution is -2.43. The van der Waals surface area contributed by atoms with Gasteiger partial charge in [-0.2, -0.15) is 0 Å². The molecule has 11 nitrogen and oxygen atoms in total. The van der Waals surface area contributed by atoms with Crippen LogP contribution in [-0.2, 0) is 32.7 Å². The summed E-state index contributed by atoms with van der Waals surface area (Å²) in [7, 11) is -4.74. The quantitative estimate of drug-likeness (QED) is 0.0219. The third-order valence-electron chi connectivity index (χ3n) is 7.68. The number of amides is 1. The van der Waals surface area contributed by atoms with Crippen molar-refractivity contribution < 1.29 is 47.8 Å². The average Bonchev–Trinajstić information content (AvgIpc) is 3.07. The fraction of sp³-hybridized carbons (Fsp3) is 0.757. The van der Waals surface area contributed by atoms with Crippen LogP contribution >= 0.6 is 7.82 Å². The molecule has 0 aromatic heterocycles. The number of carbonyl (C=O) groups is 3. The highest BCUT2D eigenvalue weighted by Crippen LogP contribution is 2.43. The summed E-state index contributed by atoms with van der Waals surface area (Å²) in [6.45, 7) is 2.38. The van der Waals surface area contributed by atoms with E-state index in [0.29, 0.717) is 12.8 Å². The van der Waals surface area contributed by atoms with Crippen molar-refractivity contribution in [2.75, 3.05) is 19.8 Å². The van der Waals surface area contributed by atoms with Gasteiger partial charge < -0.3 is 25.2 Å². The van der Waals surface area contributed by atoms with E-state index in [2.05, 4.69) is 60.1 Å². The van der Waals surface area contributed by atoms with Crippen molar-refractivity contribution >= 4 is 25.7 Å². The van der Waals surface area contributed by atoms with E-state index in [1.54, 1.807) is 0 Å². The monoisotopic (exact) mass is 715 g/mol. The number of phosphoric acid groups is 1. The fourth-order valence-electron chi connectivity index (χ4n) is 4.73. The van der Waals surface area contributed by atoms with Gasteiger partial charge in [-0.1, -0.05) is 121 Å². The Morgan fingerprint density at radius 1 is 0.653 bits per heavy atom. The van der Waals surface area contributed by atoms with Crippen molar-refractivity contribution in [1.82, 2.24) is 5.32 Å². The van der Waals surface area contributed by atoms with Crippen LogP contribution in [0, 0.1) is 0 Å². The number of rotatable bonds is 34. The fourth-order valence-corrected chi connectivity index (χ4v) is 5.50. The highest BCUT2D eigenvalue weighted by Gasteiger charge is 2.28. The van der Waals surface area contributed by atoms with E-state index in [1.807, 2.05) is 0 Å². The number of carbonyl (C=O) groups excluding carboxylic acids is 2. The van der Waals surface area contributed by atoms with Crippen LogP contribution in [0.5, 0.6) is 0 Å². The molecular weight excluding hydrogens is 649 g/mol. The zero-order chi connectivity index (χ0) is 36.4. The number of carboxylic acid groups (broad SMARTS) is 1. The van der Waals surface area contributed by atoms with Gasteiger partial charge in [0, 0.05) is 12.8 Å². The Kier molecular flexibility index (Phi) is 31.3. The molecule has 0 aliphatic rings. The first kappa shape index (κ1) is 46.7. The van der Waals surface area contributed by atoms with Crippen molar-refractivity contribution in [3.63, 3.8) is 0 Å². The summed E-state index contributed by atoms with van der Waals surface area (Å²) >= 11 is 0. The highest BCUT2D eigenvalue weighted by atomic mass is 31.2. The molecule has 3 unspecified atom stereocenters. The molecule has 0 heterocycles. The number of aliphatic hydroxyl groups is 1. The zero-order valence-electron chi connectivity index (χ0n) is 30.2. The van der Waals surface area contributed by atoms with Crippen LogP contribution in [0.25, 0.3) is 0 Å². The van der Waals surface area contributed by atoms with Gasteiger partial charge in [0.05, 0.1) is 13.2 Å². The molecule has 0 aromatic rings. The number of unbranched alkanes of at least 4 members (excludes halogenated alkanes) is 14. The number of phosphoric ester groups is 1. The molecule has 0 saturated heterocycles. The number of aliphatic hydroxyl groups excluding tert-OH is 1. The van der Waals surface area contributed by atoms with E-state index >= 15 is 0 Å². The Morgan fingerprint density at radius 3 is 1.71 bits per heavy atom. The summed E-state index contributed by atoms with van der Waals surface area (Å²) in [6, 6.07) is -1.55. The van der Waals surface area contributed by atoms with Gasteiger partial charge in [0.1, 0.15) is 12.7 Å². The number of hydrogen-bond acceptors (Lipinski definition) is 8. The molecule has 0 fully saturated rings. The maximum Gasteiger partial charge on any atom is 0.472 e. The molecule has 0 aromatic carbocycles. The largest absolute Gasteiger partial charge is 0.480 e. The number of esters is 1. The standard InChI is InChI=1S/C37H66NO10P/c1-3-5-7-9-10-11-12-13-14-15-16-17-18-19-20-21-22-23-24-25-26-28-35(40)38-34(37(42)43)32-48-49(44,45)47-31-33(39)30-46-36(41)29-27-8-6-4-2/h10-11,13-14,16-17,33-34,39H,3-9,12,15,18-32H2,1-2H3,(H,38,40)(H,42,43)(H,44,45)/b11-10-,14-13-,17-16-. The van der Waals surface area contributed by atoms with E-state index in [0.717, 1.165) is 64.2 Å². The first-order valence-corrected chi connectivity index (χ1v) is 20.0. The maximum atomic E-state index is 12.2. The topological polar surface area (TPSA) is 169 Å². The Hall–Kier alpha value is -2.30. The van der Waals surface area contributed by atoms with Crippen molar-refractivity contribution in [1.29, 1.82) is 0 Å². The molecule has 4 N–H and O–H groups in total. The first-order chi connectivity index (χ1) is 23.6. The number of carboxylic acids is 1. The molecule has 0 aliphatic carbocycles. The molecule has 0 saturated carbocycles. The molecule has 0 bridgehead atoms. The highest BCUT2D eigenvalue weighted by molar-refractivity contribution is 7.47. The van der Waals surface area contributed by atoms with Gasteiger partial charge in [-0.15, -0.1) is 0 Å². The second-order valence-corrected chi connectivity index (χ2v) is 13.9. The van der Waals surface area contributed by atoms with Crippen LogP contribution < -0.4 is 5.32 Å². The van der Waals surface area contributed by atoms with Gasteiger partial charge in [-0.3, -0.25) is 18.6 Å². The minimum Gasteiger partial charge on any atom is -0.480 e. The van der Waals surface area contributed by atoms with Gasteiger partial charge in [-0.05, 0) is 51.4 Å². The third-order valence-corrected chi connectivity index (χ3v) is 8.63. The lowest BCUT2D eigenvalue weighted by Gasteiger charge is -2.18. The minimum atomic E-state index is -4.74. The van der Waals surface area contributed by atoms with Crippen LogP contribution in [0.4, 0.5) is 0 Å². The van der Waals surface area contributed by atoms with Gasteiger partial charge in [0.15, 0.2) is 6.04 Å². The Bertz CT molecular complexity index is 984. The summed E-state index contributed by atoms with van der Waals surface area (Å²) in [4.78, 5) is 45.3. The van der Waals surface area contributed by atoms with Crippen LogP contribution in [0.15, 0.2) is 36.5 Å². The SMILES string of the molecule is CCCCC/C=C\C/C=C\C/C=C\CCCCCCCCCCC(=O)NC(COP(=O)(O)OCC(O)COC(=O)CCCCCC)C(=O)O. The average molecular weight is 716 g/mol. The predicted molar refractivity (Wildman–Crippen MR) is 194 cm³/mol. The molecule has 0 radical (unpaired) electrons. The van der Waals surface area contributed by atoms with Gasteiger partial charge in [0.25, 0.3) is 0 Å². The van der Waals surface area contributed by atoms with Crippen LogP contribution in [0.3, 0.4) is 0 Å². The summed E-state index contributed by atoms with van der Waals surface area (Å²) in [6.07, 6.45) is 32.5. The Balaban J connectivity index is 3.92. The normalized spacial score (nSPS) is 14.4. The molecule has 0 rings (SSSR count). The van der Waals surface area contributed by atoms with Crippen LogP contribution in [0.1, 0.15) is 149 Å². The molecule has 0 aliphatic heterocycles. The summed E-state index contributed by atoms with van der Waals surface area (Å²) in [5.74, 6) is -2.41. The second kappa shape index (κ2) is 32.9. The summed E-state index contributed by atoms with van der Waals surface area (Å²) in [5, 5.41) is 21.6. The summed E-state index contributed by atoms with van der Waals surface area (Å²) < 4.78 is 26.4. The predicted octanol–water partition coefficient (Wildman–Crippen LogP) is 8.49. The van der Waals surface area contributed by atoms with Gasteiger partial charge >= 0.3 is 19.8 Å².